The predicted octanol–water partition coefficient (Wildman–Crippen LogP) is 1.64. The van der Waals surface area contributed by atoms with Crippen LogP contribution in [-0.2, 0) is 6.54 Å². The van der Waals surface area contributed by atoms with E-state index in [9.17, 15) is 4.79 Å². The van der Waals surface area contributed by atoms with E-state index in [0.29, 0.717) is 16.9 Å². The fourth-order valence-corrected chi connectivity index (χ4v) is 1.80. The highest BCUT2D eigenvalue weighted by molar-refractivity contribution is 9.10. The van der Waals surface area contributed by atoms with Gasteiger partial charge in [0.2, 0.25) is 0 Å². The van der Waals surface area contributed by atoms with Crippen LogP contribution in [0.4, 0.5) is 5.69 Å². The molecule has 0 aromatic carbocycles. The Labute approximate surface area is 116 Å². The van der Waals surface area contributed by atoms with Crippen LogP contribution in [0.25, 0.3) is 0 Å². The molecule has 0 spiro atoms. The van der Waals surface area contributed by atoms with E-state index in [-0.39, 0.29) is 5.56 Å². The highest BCUT2D eigenvalue weighted by Gasteiger charge is 2.08. The van der Waals surface area contributed by atoms with E-state index in [1.165, 1.54) is 4.68 Å². The normalized spacial score (nSPS) is 11.3. The monoisotopic (exact) mass is 316 g/mol. The summed E-state index contributed by atoms with van der Waals surface area (Å²) in [7, 11) is 3.94. The van der Waals surface area contributed by atoms with Gasteiger partial charge in [0.05, 0.1) is 18.4 Å². The van der Waals surface area contributed by atoms with Crippen molar-refractivity contribution in [1.82, 2.24) is 14.7 Å². The Kier molecular flexibility index (Phi) is 5.81. The first-order valence-electron chi connectivity index (χ1n) is 6.06. The Morgan fingerprint density at radius 2 is 2.17 bits per heavy atom. The summed E-state index contributed by atoms with van der Waals surface area (Å²) in [6.07, 6.45) is 1.70. The molecule has 1 rings (SSSR count). The maximum Gasteiger partial charge on any atom is 0.283 e. The molecule has 0 aliphatic carbocycles. The summed E-state index contributed by atoms with van der Waals surface area (Å²) in [5.41, 5.74) is 0.667. The summed E-state index contributed by atoms with van der Waals surface area (Å²) in [6.45, 7) is 6.44. The fourth-order valence-electron chi connectivity index (χ4n) is 1.36. The van der Waals surface area contributed by atoms with Gasteiger partial charge in [-0.15, -0.1) is 0 Å². The smallest absolute Gasteiger partial charge is 0.283 e. The predicted molar refractivity (Wildman–Crippen MR) is 78.1 cm³/mol. The standard InChI is InChI=1S/C12H21BrN4O/c1-9(2)7-14-10-8-15-17(6-5-16(3)4)12(18)11(10)13/h8-9,14H,5-7H2,1-4H3. The zero-order valence-corrected chi connectivity index (χ0v) is 13.0. The molecule has 0 bridgehead atoms. The van der Waals surface area contributed by atoms with Gasteiger partial charge in [-0.3, -0.25) is 4.79 Å². The van der Waals surface area contributed by atoms with Crippen molar-refractivity contribution in [2.75, 3.05) is 32.5 Å². The van der Waals surface area contributed by atoms with Gasteiger partial charge >= 0.3 is 0 Å². The Morgan fingerprint density at radius 1 is 1.50 bits per heavy atom. The molecule has 18 heavy (non-hydrogen) atoms. The van der Waals surface area contributed by atoms with Crippen LogP contribution in [0.3, 0.4) is 0 Å². The van der Waals surface area contributed by atoms with Gasteiger partial charge in [-0.25, -0.2) is 4.68 Å². The lowest BCUT2D eigenvalue weighted by Gasteiger charge is -2.13. The summed E-state index contributed by atoms with van der Waals surface area (Å²) >= 11 is 3.34. The van der Waals surface area contributed by atoms with E-state index in [1.54, 1.807) is 6.20 Å². The molecule has 1 heterocycles. The van der Waals surface area contributed by atoms with E-state index in [2.05, 4.69) is 40.2 Å². The van der Waals surface area contributed by atoms with Crippen LogP contribution in [0.1, 0.15) is 13.8 Å². The zero-order chi connectivity index (χ0) is 13.7. The van der Waals surface area contributed by atoms with Crippen LogP contribution < -0.4 is 10.9 Å². The molecule has 1 N–H and O–H groups in total. The lowest BCUT2D eigenvalue weighted by atomic mass is 10.2. The highest BCUT2D eigenvalue weighted by atomic mass is 79.9. The van der Waals surface area contributed by atoms with Crippen LogP contribution in [0.2, 0.25) is 0 Å². The van der Waals surface area contributed by atoms with Crippen molar-refractivity contribution in [1.29, 1.82) is 0 Å². The van der Waals surface area contributed by atoms with E-state index < -0.39 is 0 Å². The lowest BCUT2D eigenvalue weighted by Crippen LogP contribution is -2.29. The molecule has 102 valence electrons. The number of aromatic nitrogens is 2. The molecule has 1 aromatic heterocycles. The first-order valence-corrected chi connectivity index (χ1v) is 6.85. The van der Waals surface area contributed by atoms with Gasteiger partial charge in [-0.1, -0.05) is 13.8 Å². The van der Waals surface area contributed by atoms with Crippen LogP contribution in [0.15, 0.2) is 15.5 Å². The van der Waals surface area contributed by atoms with Gasteiger partial charge in [-0.05, 0) is 35.9 Å². The van der Waals surface area contributed by atoms with Crippen molar-refractivity contribution in [3.05, 3.63) is 21.0 Å². The Bertz CT molecular complexity index is 442. The molecular formula is C12H21BrN4O. The quantitative estimate of drug-likeness (QED) is 0.866. The number of hydrogen-bond donors (Lipinski definition) is 1. The summed E-state index contributed by atoms with van der Waals surface area (Å²) in [5, 5.41) is 7.39. The fraction of sp³-hybridized carbons (Fsp3) is 0.667. The van der Waals surface area contributed by atoms with Crippen molar-refractivity contribution in [3.8, 4) is 0 Å². The van der Waals surface area contributed by atoms with Gasteiger partial charge < -0.3 is 10.2 Å². The van der Waals surface area contributed by atoms with Crippen molar-refractivity contribution >= 4 is 21.6 Å². The van der Waals surface area contributed by atoms with Crippen LogP contribution in [-0.4, -0.2) is 41.9 Å². The van der Waals surface area contributed by atoms with Gasteiger partial charge in [0.15, 0.2) is 0 Å². The number of likely N-dealkylation sites (N-methyl/N-ethyl adjacent to an activating group) is 1. The number of rotatable bonds is 6. The number of nitrogens with one attached hydrogen (secondary N) is 1. The summed E-state index contributed by atoms with van der Waals surface area (Å²) in [5.74, 6) is 0.521. The third-order valence-electron chi connectivity index (χ3n) is 2.44. The maximum absolute atomic E-state index is 12.0. The van der Waals surface area contributed by atoms with Crippen molar-refractivity contribution < 1.29 is 0 Å². The maximum atomic E-state index is 12.0. The average Bonchev–Trinajstić information content (AvgIpc) is 2.29. The van der Waals surface area contributed by atoms with Crippen LogP contribution in [0, 0.1) is 5.92 Å². The molecule has 6 heteroatoms. The van der Waals surface area contributed by atoms with E-state index in [4.69, 9.17) is 0 Å². The lowest BCUT2D eigenvalue weighted by molar-refractivity contribution is 0.367. The minimum atomic E-state index is -0.0920. The van der Waals surface area contributed by atoms with Crippen LogP contribution in [0.5, 0.6) is 0 Å². The molecule has 0 unspecified atom stereocenters. The second kappa shape index (κ2) is 6.89. The van der Waals surface area contributed by atoms with Crippen molar-refractivity contribution in [2.24, 2.45) is 5.92 Å². The average molecular weight is 317 g/mol. The Hall–Kier alpha value is -0.880. The molecule has 0 atom stereocenters. The molecule has 5 nitrogen and oxygen atoms in total. The third-order valence-corrected chi connectivity index (χ3v) is 3.21. The summed E-state index contributed by atoms with van der Waals surface area (Å²) < 4.78 is 2.03. The first kappa shape index (κ1) is 15.2. The summed E-state index contributed by atoms with van der Waals surface area (Å²) in [4.78, 5) is 14.1. The second-order valence-electron chi connectivity index (χ2n) is 4.98. The van der Waals surface area contributed by atoms with Gasteiger partial charge in [0, 0.05) is 13.1 Å². The zero-order valence-electron chi connectivity index (χ0n) is 11.4. The molecular weight excluding hydrogens is 296 g/mol. The minimum absolute atomic E-state index is 0.0920. The van der Waals surface area contributed by atoms with Crippen molar-refractivity contribution in [3.63, 3.8) is 0 Å². The molecule has 0 saturated heterocycles. The van der Waals surface area contributed by atoms with E-state index >= 15 is 0 Å². The molecule has 0 aliphatic heterocycles. The Balaban J connectivity index is 2.81. The van der Waals surface area contributed by atoms with E-state index in [1.807, 2.05) is 19.0 Å². The molecule has 0 fully saturated rings. The van der Waals surface area contributed by atoms with E-state index in [0.717, 1.165) is 18.8 Å². The third kappa shape index (κ3) is 4.42. The number of hydrogen-bond acceptors (Lipinski definition) is 4. The first-order chi connectivity index (χ1) is 8.41. The molecule has 0 aliphatic rings. The molecule has 0 amide bonds. The number of anilines is 1. The second-order valence-corrected chi connectivity index (χ2v) is 5.77. The molecule has 1 aromatic rings. The largest absolute Gasteiger partial charge is 0.382 e. The van der Waals surface area contributed by atoms with Gasteiger partial charge in [0.25, 0.3) is 5.56 Å². The topological polar surface area (TPSA) is 50.2 Å². The molecule has 0 radical (unpaired) electrons. The van der Waals surface area contributed by atoms with Gasteiger partial charge in [0.1, 0.15) is 4.47 Å². The van der Waals surface area contributed by atoms with Crippen LogP contribution >= 0.6 is 15.9 Å². The Morgan fingerprint density at radius 3 is 2.72 bits per heavy atom. The number of halogens is 1. The highest BCUT2D eigenvalue weighted by Crippen LogP contribution is 2.16. The minimum Gasteiger partial charge on any atom is -0.382 e. The molecule has 0 saturated carbocycles. The summed E-state index contributed by atoms with van der Waals surface area (Å²) in [6, 6.07) is 0. The SMILES string of the molecule is CC(C)CNc1cnn(CCN(C)C)c(=O)c1Br. The van der Waals surface area contributed by atoms with Gasteiger partial charge in [-0.2, -0.15) is 5.10 Å². The number of nitrogens with zero attached hydrogens (tertiary/aromatic N) is 3. The van der Waals surface area contributed by atoms with Crippen molar-refractivity contribution in [2.45, 2.75) is 20.4 Å².